The number of benzene rings is 2. The van der Waals surface area contributed by atoms with E-state index in [1.807, 2.05) is 48.5 Å². The van der Waals surface area contributed by atoms with Crippen LogP contribution in [-0.4, -0.2) is 25.2 Å². The highest BCUT2D eigenvalue weighted by atomic mass is 35.5. The Labute approximate surface area is 140 Å². The SMILES string of the molecule is O=C(NCCc1ccc(Cl)cc1)N[C@H]1COc2ccccc2C1. The van der Waals surface area contributed by atoms with Gasteiger partial charge in [-0.05, 0) is 42.2 Å². The van der Waals surface area contributed by atoms with Gasteiger partial charge in [-0.25, -0.2) is 4.79 Å². The van der Waals surface area contributed by atoms with Crippen molar-refractivity contribution in [1.82, 2.24) is 10.6 Å². The van der Waals surface area contributed by atoms with Crippen molar-refractivity contribution in [3.05, 3.63) is 64.7 Å². The molecule has 1 aliphatic heterocycles. The van der Waals surface area contributed by atoms with Gasteiger partial charge in [-0.1, -0.05) is 41.9 Å². The molecule has 2 amide bonds. The molecule has 0 aromatic heterocycles. The van der Waals surface area contributed by atoms with Gasteiger partial charge < -0.3 is 15.4 Å². The second-order valence-electron chi connectivity index (χ2n) is 5.60. The van der Waals surface area contributed by atoms with Crippen LogP contribution in [0.1, 0.15) is 11.1 Å². The third-order valence-electron chi connectivity index (χ3n) is 3.83. The zero-order valence-corrected chi connectivity index (χ0v) is 13.5. The molecule has 0 saturated carbocycles. The Bertz CT molecular complexity index is 673. The second-order valence-corrected chi connectivity index (χ2v) is 6.03. The first-order valence-electron chi connectivity index (χ1n) is 7.70. The number of nitrogens with one attached hydrogen (secondary N) is 2. The lowest BCUT2D eigenvalue weighted by atomic mass is 10.0. The Balaban J connectivity index is 1.42. The quantitative estimate of drug-likeness (QED) is 0.904. The molecule has 1 heterocycles. The van der Waals surface area contributed by atoms with Crippen molar-refractivity contribution < 1.29 is 9.53 Å². The van der Waals surface area contributed by atoms with E-state index in [0.717, 1.165) is 34.7 Å². The van der Waals surface area contributed by atoms with Crippen LogP contribution in [0.2, 0.25) is 5.02 Å². The molecule has 0 fully saturated rings. The molecule has 3 rings (SSSR count). The van der Waals surface area contributed by atoms with Crippen molar-refractivity contribution in [1.29, 1.82) is 0 Å². The van der Waals surface area contributed by atoms with E-state index in [0.29, 0.717) is 13.2 Å². The molecule has 2 aromatic rings. The van der Waals surface area contributed by atoms with E-state index < -0.39 is 0 Å². The third-order valence-corrected chi connectivity index (χ3v) is 4.08. The molecule has 5 heteroatoms. The maximum absolute atomic E-state index is 12.0. The van der Waals surface area contributed by atoms with E-state index in [2.05, 4.69) is 10.6 Å². The Morgan fingerprint density at radius 3 is 2.78 bits per heavy atom. The molecule has 1 atom stereocenters. The van der Waals surface area contributed by atoms with Gasteiger partial charge in [-0.3, -0.25) is 0 Å². The van der Waals surface area contributed by atoms with Crippen molar-refractivity contribution in [2.24, 2.45) is 0 Å². The molecule has 2 N–H and O–H groups in total. The minimum Gasteiger partial charge on any atom is -0.491 e. The summed E-state index contributed by atoms with van der Waals surface area (Å²) >= 11 is 5.85. The van der Waals surface area contributed by atoms with Gasteiger partial charge in [0.2, 0.25) is 0 Å². The summed E-state index contributed by atoms with van der Waals surface area (Å²) in [4.78, 5) is 12.0. The van der Waals surface area contributed by atoms with Crippen LogP contribution in [0.5, 0.6) is 5.75 Å². The fourth-order valence-corrected chi connectivity index (χ4v) is 2.75. The minimum atomic E-state index is -0.160. The van der Waals surface area contributed by atoms with Gasteiger partial charge in [0.1, 0.15) is 12.4 Å². The summed E-state index contributed by atoms with van der Waals surface area (Å²) in [6.45, 7) is 1.08. The molecule has 0 aliphatic carbocycles. The van der Waals surface area contributed by atoms with Crippen LogP contribution < -0.4 is 15.4 Å². The fraction of sp³-hybridized carbons (Fsp3) is 0.278. The molecule has 0 saturated heterocycles. The number of hydrogen-bond donors (Lipinski definition) is 2. The van der Waals surface area contributed by atoms with Crippen molar-refractivity contribution in [3.63, 3.8) is 0 Å². The summed E-state index contributed by atoms with van der Waals surface area (Å²) < 4.78 is 5.67. The normalized spacial score (nSPS) is 16.1. The highest BCUT2D eigenvalue weighted by molar-refractivity contribution is 6.30. The average Bonchev–Trinajstić information content (AvgIpc) is 2.56. The number of amides is 2. The first-order chi connectivity index (χ1) is 11.2. The van der Waals surface area contributed by atoms with E-state index in [1.165, 1.54) is 0 Å². The molecule has 0 radical (unpaired) electrons. The van der Waals surface area contributed by atoms with Crippen LogP contribution in [0, 0.1) is 0 Å². The molecule has 23 heavy (non-hydrogen) atoms. The van der Waals surface area contributed by atoms with Gasteiger partial charge in [-0.2, -0.15) is 0 Å². The van der Waals surface area contributed by atoms with Crippen LogP contribution in [0.15, 0.2) is 48.5 Å². The molecule has 2 aromatic carbocycles. The largest absolute Gasteiger partial charge is 0.491 e. The summed E-state index contributed by atoms with van der Waals surface area (Å²) in [7, 11) is 0. The monoisotopic (exact) mass is 330 g/mol. The highest BCUT2D eigenvalue weighted by Gasteiger charge is 2.20. The highest BCUT2D eigenvalue weighted by Crippen LogP contribution is 2.23. The lowest BCUT2D eigenvalue weighted by Gasteiger charge is -2.26. The van der Waals surface area contributed by atoms with E-state index in [4.69, 9.17) is 16.3 Å². The Hall–Kier alpha value is -2.20. The molecule has 1 aliphatic rings. The second kappa shape index (κ2) is 7.38. The van der Waals surface area contributed by atoms with E-state index in [9.17, 15) is 4.79 Å². The van der Waals surface area contributed by atoms with Crippen LogP contribution in [0.3, 0.4) is 0 Å². The van der Waals surface area contributed by atoms with Crippen molar-refractivity contribution in [2.75, 3.05) is 13.2 Å². The summed E-state index contributed by atoms with van der Waals surface area (Å²) in [5.74, 6) is 0.911. The summed E-state index contributed by atoms with van der Waals surface area (Å²) in [5, 5.41) is 6.56. The van der Waals surface area contributed by atoms with E-state index in [-0.39, 0.29) is 12.1 Å². The van der Waals surface area contributed by atoms with Gasteiger partial charge in [0, 0.05) is 11.6 Å². The summed E-state index contributed by atoms with van der Waals surface area (Å²) in [6.07, 6.45) is 1.56. The summed E-state index contributed by atoms with van der Waals surface area (Å²) in [6, 6.07) is 15.4. The van der Waals surface area contributed by atoms with Gasteiger partial charge >= 0.3 is 6.03 Å². The molecule has 0 bridgehead atoms. The van der Waals surface area contributed by atoms with E-state index in [1.54, 1.807) is 0 Å². The molecule has 4 nitrogen and oxygen atoms in total. The molecule has 0 spiro atoms. The number of carbonyl (C=O) groups excluding carboxylic acids is 1. The van der Waals surface area contributed by atoms with Gasteiger partial charge in [0.15, 0.2) is 0 Å². The summed E-state index contributed by atoms with van der Waals surface area (Å²) in [5.41, 5.74) is 2.27. The lowest BCUT2D eigenvalue weighted by Crippen LogP contribution is -2.47. The van der Waals surface area contributed by atoms with Crippen molar-refractivity contribution in [2.45, 2.75) is 18.9 Å². The predicted molar refractivity (Wildman–Crippen MR) is 91.1 cm³/mol. The first kappa shape index (κ1) is 15.7. The Kier molecular flexibility index (Phi) is 5.03. The Morgan fingerprint density at radius 1 is 1.17 bits per heavy atom. The first-order valence-corrected chi connectivity index (χ1v) is 8.08. The number of hydrogen-bond acceptors (Lipinski definition) is 2. The Morgan fingerprint density at radius 2 is 1.96 bits per heavy atom. The lowest BCUT2D eigenvalue weighted by molar-refractivity contribution is 0.214. The number of fused-ring (bicyclic) bond motifs is 1. The average molecular weight is 331 g/mol. The maximum Gasteiger partial charge on any atom is 0.315 e. The van der Waals surface area contributed by atoms with Crippen LogP contribution in [0.4, 0.5) is 4.79 Å². The number of halogens is 1. The molecular weight excluding hydrogens is 312 g/mol. The number of rotatable bonds is 4. The van der Waals surface area contributed by atoms with Gasteiger partial charge in [0.05, 0.1) is 6.04 Å². The zero-order chi connectivity index (χ0) is 16.1. The number of carbonyl (C=O) groups is 1. The van der Waals surface area contributed by atoms with Crippen LogP contribution in [0.25, 0.3) is 0 Å². The van der Waals surface area contributed by atoms with Crippen molar-refractivity contribution in [3.8, 4) is 5.75 Å². The predicted octanol–water partition coefficient (Wildman–Crippen LogP) is 3.19. The minimum absolute atomic E-state index is 0.000400. The molecule has 120 valence electrons. The van der Waals surface area contributed by atoms with Crippen LogP contribution >= 0.6 is 11.6 Å². The van der Waals surface area contributed by atoms with Crippen molar-refractivity contribution >= 4 is 17.6 Å². The number of para-hydroxylation sites is 1. The van der Waals surface area contributed by atoms with E-state index >= 15 is 0 Å². The molecule has 0 unspecified atom stereocenters. The van der Waals surface area contributed by atoms with Gasteiger partial charge in [-0.15, -0.1) is 0 Å². The molecular formula is C18H19ClN2O2. The smallest absolute Gasteiger partial charge is 0.315 e. The topological polar surface area (TPSA) is 50.4 Å². The van der Waals surface area contributed by atoms with Gasteiger partial charge in [0.25, 0.3) is 0 Å². The zero-order valence-electron chi connectivity index (χ0n) is 12.7. The third kappa shape index (κ3) is 4.39. The van der Waals surface area contributed by atoms with Crippen LogP contribution in [-0.2, 0) is 12.8 Å². The standard InChI is InChI=1S/C18H19ClN2O2/c19-15-7-5-13(6-8-15)9-10-20-18(22)21-16-11-14-3-1-2-4-17(14)23-12-16/h1-8,16H,9-12H2,(H2,20,21,22)/t16-/m1/s1. The fourth-order valence-electron chi connectivity index (χ4n) is 2.63. The number of urea groups is 1. The number of ether oxygens (including phenoxy) is 1. The maximum atomic E-state index is 12.0.